The monoisotopic (exact) mass is 572 g/mol. The van der Waals surface area contributed by atoms with E-state index in [0.29, 0.717) is 45.5 Å². The lowest BCUT2D eigenvalue weighted by molar-refractivity contribution is -0.113. The number of aliphatic imine (C=N–C) groups is 1. The molecule has 0 bridgehead atoms. The van der Waals surface area contributed by atoms with Crippen molar-refractivity contribution in [1.82, 2.24) is 4.90 Å². The van der Waals surface area contributed by atoms with Crippen LogP contribution in [0.2, 0.25) is 0 Å². The van der Waals surface area contributed by atoms with Crippen molar-refractivity contribution < 1.29 is 23.8 Å². The van der Waals surface area contributed by atoms with E-state index in [0.717, 1.165) is 29.4 Å². The van der Waals surface area contributed by atoms with Gasteiger partial charge < -0.3 is 29.7 Å². The van der Waals surface area contributed by atoms with Crippen molar-refractivity contribution in [1.29, 1.82) is 0 Å². The molecule has 0 aromatic heterocycles. The second-order valence-electron chi connectivity index (χ2n) is 9.49. The van der Waals surface area contributed by atoms with Crippen LogP contribution in [0.4, 0.5) is 11.4 Å². The number of nitrogens with zero attached hydrogens (tertiary/aromatic N) is 2. The number of ether oxygens (including phenoxy) is 3. The number of carbonyl (C=O) groups is 2. The van der Waals surface area contributed by atoms with E-state index in [1.54, 1.807) is 61.3 Å². The number of amidine groups is 1. The van der Waals surface area contributed by atoms with E-state index in [4.69, 9.17) is 19.2 Å². The highest BCUT2D eigenvalue weighted by Crippen LogP contribution is 2.40. The maximum absolute atomic E-state index is 13.8. The third kappa shape index (κ3) is 5.88. The molecule has 9 nitrogen and oxygen atoms in total. The third-order valence-electron chi connectivity index (χ3n) is 6.97. The SMILES string of the molecule is COc1ccc(NC(=O)C2=C(C)N=C3SCCCN3C2c2cccc(NC(=O)c3c(OC)cccc3OC)c2)cc1. The number of anilines is 2. The van der Waals surface area contributed by atoms with E-state index in [1.807, 2.05) is 31.2 Å². The molecule has 10 heteroatoms. The number of benzene rings is 3. The fourth-order valence-corrected chi connectivity index (χ4v) is 6.05. The van der Waals surface area contributed by atoms with Gasteiger partial charge in [0.2, 0.25) is 0 Å². The Labute approximate surface area is 243 Å². The molecular weight excluding hydrogens is 540 g/mol. The van der Waals surface area contributed by atoms with Crippen LogP contribution in [-0.4, -0.2) is 55.5 Å². The van der Waals surface area contributed by atoms with Crippen LogP contribution in [0.1, 0.15) is 35.3 Å². The van der Waals surface area contributed by atoms with E-state index in [2.05, 4.69) is 15.5 Å². The predicted octanol–water partition coefficient (Wildman–Crippen LogP) is 5.73. The van der Waals surface area contributed by atoms with Crippen LogP contribution in [0.3, 0.4) is 0 Å². The van der Waals surface area contributed by atoms with Crippen molar-refractivity contribution >= 4 is 40.1 Å². The number of methoxy groups -OCH3 is 3. The average molecular weight is 573 g/mol. The number of rotatable bonds is 8. The highest BCUT2D eigenvalue weighted by atomic mass is 32.2. The van der Waals surface area contributed by atoms with Gasteiger partial charge in [-0.25, -0.2) is 4.99 Å². The first kappa shape index (κ1) is 28.1. The molecule has 1 unspecified atom stereocenters. The Morgan fingerprint density at radius 2 is 1.56 bits per heavy atom. The number of hydrogen-bond acceptors (Lipinski definition) is 8. The van der Waals surface area contributed by atoms with E-state index in [1.165, 1.54) is 14.2 Å². The van der Waals surface area contributed by atoms with Crippen molar-refractivity contribution in [2.75, 3.05) is 44.3 Å². The summed E-state index contributed by atoms with van der Waals surface area (Å²) in [4.78, 5) is 34.1. The van der Waals surface area contributed by atoms with E-state index < -0.39 is 0 Å². The molecule has 0 saturated carbocycles. The lowest BCUT2D eigenvalue weighted by Crippen LogP contribution is -2.43. The van der Waals surface area contributed by atoms with Gasteiger partial charge in [0.15, 0.2) is 5.17 Å². The van der Waals surface area contributed by atoms with Crippen molar-refractivity contribution in [3.8, 4) is 17.2 Å². The first-order valence-corrected chi connectivity index (χ1v) is 14.2. The summed E-state index contributed by atoms with van der Waals surface area (Å²) >= 11 is 1.69. The number of fused-ring (bicyclic) bond motifs is 1. The molecular formula is C31H32N4O5S. The molecule has 0 aliphatic carbocycles. The number of hydrogen-bond donors (Lipinski definition) is 2. The van der Waals surface area contributed by atoms with Crippen LogP contribution in [0, 0.1) is 0 Å². The van der Waals surface area contributed by atoms with E-state index >= 15 is 0 Å². The molecule has 2 heterocycles. The molecule has 0 spiro atoms. The lowest BCUT2D eigenvalue weighted by atomic mass is 9.93. The van der Waals surface area contributed by atoms with Gasteiger partial charge in [-0.15, -0.1) is 0 Å². The summed E-state index contributed by atoms with van der Waals surface area (Å²) in [7, 11) is 4.63. The molecule has 212 valence electrons. The Morgan fingerprint density at radius 1 is 0.878 bits per heavy atom. The molecule has 41 heavy (non-hydrogen) atoms. The van der Waals surface area contributed by atoms with Crippen molar-refractivity contribution in [2.45, 2.75) is 19.4 Å². The number of thioether (sulfide) groups is 1. The highest BCUT2D eigenvalue weighted by molar-refractivity contribution is 8.13. The van der Waals surface area contributed by atoms with Gasteiger partial charge >= 0.3 is 0 Å². The first-order chi connectivity index (χ1) is 19.9. The van der Waals surface area contributed by atoms with Gasteiger partial charge in [0.1, 0.15) is 22.8 Å². The van der Waals surface area contributed by atoms with E-state index in [-0.39, 0.29) is 17.9 Å². The fourth-order valence-electron chi connectivity index (χ4n) is 5.03. The van der Waals surface area contributed by atoms with Crippen LogP contribution in [0.25, 0.3) is 0 Å². The quantitative estimate of drug-likeness (QED) is 0.356. The maximum atomic E-state index is 13.8. The van der Waals surface area contributed by atoms with Gasteiger partial charge in [0, 0.05) is 23.7 Å². The molecule has 2 aliphatic heterocycles. The summed E-state index contributed by atoms with van der Waals surface area (Å²) < 4.78 is 16.1. The molecule has 1 fully saturated rings. The third-order valence-corrected chi connectivity index (χ3v) is 8.04. The second-order valence-corrected chi connectivity index (χ2v) is 10.6. The molecule has 0 radical (unpaired) electrons. The normalized spacial score (nSPS) is 16.3. The number of nitrogens with one attached hydrogen (secondary N) is 2. The van der Waals surface area contributed by atoms with Gasteiger partial charge in [-0.2, -0.15) is 0 Å². The Kier molecular flexibility index (Phi) is 8.49. The number of amides is 2. The topological polar surface area (TPSA) is 101 Å². The minimum Gasteiger partial charge on any atom is -0.497 e. The van der Waals surface area contributed by atoms with Crippen LogP contribution < -0.4 is 24.8 Å². The van der Waals surface area contributed by atoms with Crippen LogP contribution >= 0.6 is 11.8 Å². The summed E-state index contributed by atoms with van der Waals surface area (Å²) in [5.41, 5.74) is 3.63. The largest absolute Gasteiger partial charge is 0.497 e. The van der Waals surface area contributed by atoms with Gasteiger partial charge in [0.05, 0.1) is 38.6 Å². The molecule has 1 saturated heterocycles. The van der Waals surface area contributed by atoms with Crippen molar-refractivity contribution in [3.63, 3.8) is 0 Å². The van der Waals surface area contributed by atoms with Gasteiger partial charge in [0.25, 0.3) is 11.8 Å². The molecule has 1 atom stereocenters. The number of allylic oxidation sites excluding steroid dienone is 1. The van der Waals surface area contributed by atoms with Crippen LogP contribution in [0.15, 0.2) is 83.0 Å². The van der Waals surface area contributed by atoms with Gasteiger partial charge in [-0.3, -0.25) is 9.59 Å². The Morgan fingerprint density at radius 3 is 2.24 bits per heavy atom. The van der Waals surface area contributed by atoms with Gasteiger partial charge in [-0.05, 0) is 67.4 Å². The summed E-state index contributed by atoms with van der Waals surface area (Å²) in [5.74, 6) is 1.90. The molecule has 2 aliphatic rings. The second kappa shape index (κ2) is 12.4. The predicted molar refractivity (Wildman–Crippen MR) is 162 cm³/mol. The van der Waals surface area contributed by atoms with Crippen molar-refractivity contribution in [2.24, 2.45) is 4.99 Å². The molecule has 3 aromatic carbocycles. The summed E-state index contributed by atoms with van der Waals surface area (Å²) in [6, 6.07) is 19.6. The van der Waals surface area contributed by atoms with Gasteiger partial charge in [-0.1, -0.05) is 30.0 Å². The van der Waals surface area contributed by atoms with Crippen LogP contribution in [0.5, 0.6) is 17.2 Å². The molecule has 5 rings (SSSR count). The summed E-state index contributed by atoms with van der Waals surface area (Å²) in [6.45, 7) is 2.63. The summed E-state index contributed by atoms with van der Waals surface area (Å²) in [5, 5.41) is 6.91. The van der Waals surface area contributed by atoms with Crippen molar-refractivity contribution in [3.05, 3.63) is 89.1 Å². The first-order valence-electron chi connectivity index (χ1n) is 13.2. The average Bonchev–Trinajstić information content (AvgIpc) is 3.00. The molecule has 2 amide bonds. The Hall–Kier alpha value is -4.44. The van der Waals surface area contributed by atoms with Crippen LogP contribution in [-0.2, 0) is 4.79 Å². The minimum absolute atomic E-state index is 0.232. The minimum atomic E-state index is -0.383. The zero-order valence-corrected chi connectivity index (χ0v) is 24.2. The Bertz CT molecular complexity index is 1500. The summed E-state index contributed by atoms with van der Waals surface area (Å²) in [6.07, 6.45) is 0.969. The Balaban J connectivity index is 1.48. The van der Waals surface area contributed by atoms with E-state index in [9.17, 15) is 9.59 Å². The fraction of sp³-hybridized carbons (Fsp3) is 0.258. The zero-order chi connectivity index (χ0) is 28.9. The molecule has 3 aromatic rings. The zero-order valence-electron chi connectivity index (χ0n) is 23.4. The lowest BCUT2D eigenvalue weighted by Gasteiger charge is -2.41. The smallest absolute Gasteiger partial charge is 0.263 e. The molecule has 2 N–H and O–H groups in total. The highest BCUT2D eigenvalue weighted by Gasteiger charge is 2.37. The number of carbonyl (C=O) groups excluding carboxylic acids is 2. The standard InChI is InChI=1S/C31H32N4O5S/c1-19-26(29(36)33-21-12-14-23(38-2)15-13-21)28(35-16-7-17-41-31(35)32-19)20-8-5-9-22(18-20)34-30(37)27-24(39-3)10-6-11-25(27)40-4/h5-6,8-15,18,28H,7,16-17H2,1-4H3,(H,33,36)(H,34,37). The maximum Gasteiger partial charge on any atom is 0.263 e.